The number of esters is 1. The summed E-state index contributed by atoms with van der Waals surface area (Å²) in [5.41, 5.74) is 0.281. The van der Waals surface area contributed by atoms with Gasteiger partial charge < -0.3 is 9.15 Å². The van der Waals surface area contributed by atoms with Gasteiger partial charge in [-0.1, -0.05) is 13.0 Å². The molecule has 1 aliphatic heterocycles. The molecule has 0 amide bonds. The highest BCUT2D eigenvalue weighted by Gasteiger charge is 2.36. The van der Waals surface area contributed by atoms with Crippen molar-refractivity contribution in [3.63, 3.8) is 0 Å². The fourth-order valence-corrected chi connectivity index (χ4v) is 3.06. The van der Waals surface area contributed by atoms with Gasteiger partial charge in [-0.05, 0) is 35.9 Å². The molecule has 0 saturated heterocycles. The molecule has 0 spiro atoms. The SMILES string of the molecule is C[C@H]1C[C@H]1c1ccc(/C=C2\N=C(c3cccs3)OC2=O)o1. The number of ether oxygens (including phenoxy) is 1. The summed E-state index contributed by atoms with van der Waals surface area (Å²) in [5, 5.41) is 1.92. The second-order valence-corrected chi connectivity index (χ2v) is 6.32. The van der Waals surface area contributed by atoms with E-state index < -0.39 is 5.97 Å². The van der Waals surface area contributed by atoms with Crippen molar-refractivity contribution in [3.8, 4) is 0 Å². The van der Waals surface area contributed by atoms with Crippen molar-refractivity contribution in [1.29, 1.82) is 0 Å². The van der Waals surface area contributed by atoms with E-state index in [1.165, 1.54) is 17.8 Å². The van der Waals surface area contributed by atoms with Gasteiger partial charge in [0.25, 0.3) is 0 Å². The van der Waals surface area contributed by atoms with Crippen molar-refractivity contribution in [2.75, 3.05) is 0 Å². The third-order valence-corrected chi connectivity index (χ3v) is 4.61. The van der Waals surface area contributed by atoms with Crippen molar-refractivity contribution in [2.45, 2.75) is 19.3 Å². The van der Waals surface area contributed by atoms with E-state index >= 15 is 0 Å². The van der Waals surface area contributed by atoms with Gasteiger partial charge in [0.1, 0.15) is 11.5 Å². The quantitative estimate of drug-likeness (QED) is 0.639. The zero-order chi connectivity index (χ0) is 14.4. The fourth-order valence-electron chi connectivity index (χ4n) is 2.41. The summed E-state index contributed by atoms with van der Waals surface area (Å²) in [7, 11) is 0. The van der Waals surface area contributed by atoms with E-state index in [4.69, 9.17) is 9.15 Å². The second-order valence-electron chi connectivity index (χ2n) is 5.37. The number of thiophene rings is 1. The molecule has 21 heavy (non-hydrogen) atoms. The molecule has 2 atom stereocenters. The first-order chi connectivity index (χ1) is 10.2. The van der Waals surface area contributed by atoms with Crippen LogP contribution in [0.1, 0.15) is 35.7 Å². The maximum absolute atomic E-state index is 11.8. The molecule has 0 radical (unpaired) electrons. The Labute approximate surface area is 125 Å². The van der Waals surface area contributed by atoms with Crippen LogP contribution >= 0.6 is 11.3 Å². The average molecular weight is 299 g/mol. The van der Waals surface area contributed by atoms with Gasteiger partial charge in [-0.25, -0.2) is 9.79 Å². The molecule has 0 bridgehead atoms. The van der Waals surface area contributed by atoms with Gasteiger partial charge in [-0.3, -0.25) is 0 Å². The molecule has 0 unspecified atom stereocenters. The summed E-state index contributed by atoms with van der Waals surface area (Å²) in [5.74, 6) is 2.78. The molecular weight excluding hydrogens is 286 g/mol. The summed E-state index contributed by atoms with van der Waals surface area (Å²) in [4.78, 5) is 16.9. The number of carbonyl (C=O) groups is 1. The number of carbonyl (C=O) groups excluding carboxylic acids is 1. The summed E-state index contributed by atoms with van der Waals surface area (Å²) >= 11 is 1.49. The van der Waals surface area contributed by atoms with E-state index in [0.717, 1.165) is 10.6 Å². The summed E-state index contributed by atoms with van der Waals surface area (Å²) in [6.07, 6.45) is 2.81. The number of hydrogen-bond acceptors (Lipinski definition) is 5. The van der Waals surface area contributed by atoms with Gasteiger partial charge in [-0.15, -0.1) is 11.3 Å². The van der Waals surface area contributed by atoms with Crippen molar-refractivity contribution in [1.82, 2.24) is 0 Å². The molecule has 0 N–H and O–H groups in total. The van der Waals surface area contributed by atoms with Crippen LogP contribution in [-0.2, 0) is 9.53 Å². The number of hydrogen-bond donors (Lipinski definition) is 0. The van der Waals surface area contributed by atoms with Crippen LogP contribution < -0.4 is 0 Å². The predicted molar refractivity (Wildman–Crippen MR) is 80.2 cm³/mol. The zero-order valence-electron chi connectivity index (χ0n) is 11.4. The normalized spacial score (nSPS) is 26.0. The molecule has 4 rings (SSSR count). The topological polar surface area (TPSA) is 51.8 Å². The van der Waals surface area contributed by atoms with Crippen molar-refractivity contribution >= 4 is 29.3 Å². The average Bonchev–Trinajstić information content (AvgIpc) is 2.96. The lowest BCUT2D eigenvalue weighted by Gasteiger charge is -1.92. The first-order valence-electron chi connectivity index (χ1n) is 6.87. The molecule has 3 heterocycles. The van der Waals surface area contributed by atoms with E-state index in [1.807, 2.05) is 29.6 Å². The van der Waals surface area contributed by atoms with Gasteiger partial charge in [0, 0.05) is 12.0 Å². The van der Waals surface area contributed by atoms with E-state index in [0.29, 0.717) is 23.5 Å². The van der Waals surface area contributed by atoms with Crippen LogP contribution in [0, 0.1) is 5.92 Å². The highest BCUT2D eigenvalue weighted by Crippen LogP contribution is 2.47. The second kappa shape index (κ2) is 4.70. The fraction of sp³-hybridized carbons (Fsp3) is 0.250. The van der Waals surface area contributed by atoms with Gasteiger partial charge >= 0.3 is 5.97 Å². The third-order valence-electron chi connectivity index (χ3n) is 3.75. The Morgan fingerprint density at radius 2 is 2.24 bits per heavy atom. The minimum atomic E-state index is -0.434. The number of nitrogens with zero attached hydrogens (tertiary/aromatic N) is 1. The van der Waals surface area contributed by atoms with E-state index in [2.05, 4.69) is 11.9 Å². The minimum absolute atomic E-state index is 0.281. The lowest BCUT2D eigenvalue weighted by molar-refractivity contribution is -0.129. The largest absolute Gasteiger partial charge is 0.461 e. The maximum atomic E-state index is 11.8. The van der Waals surface area contributed by atoms with Gasteiger partial charge in [0.15, 0.2) is 5.70 Å². The molecule has 2 aliphatic rings. The Morgan fingerprint density at radius 1 is 1.38 bits per heavy atom. The van der Waals surface area contributed by atoms with Gasteiger partial charge in [0.2, 0.25) is 5.90 Å². The molecule has 1 saturated carbocycles. The molecule has 2 aromatic rings. The molecular formula is C16H13NO3S. The Morgan fingerprint density at radius 3 is 2.95 bits per heavy atom. The van der Waals surface area contributed by atoms with Crippen LogP contribution in [0.15, 0.2) is 44.8 Å². The van der Waals surface area contributed by atoms with Crippen LogP contribution in [0.3, 0.4) is 0 Å². The van der Waals surface area contributed by atoms with Crippen molar-refractivity contribution in [2.24, 2.45) is 10.9 Å². The highest BCUT2D eigenvalue weighted by atomic mass is 32.1. The standard InChI is InChI=1S/C16H13NO3S/c1-9-7-11(9)13-5-4-10(19-13)8-12-16(18)20-15(17-12)14-3-2-6-21-14/h2-6,8-9,11H,7H2,1H3/b12-8-/t9-,11+/m0/s1. The molecule has 1 aliphatic carbocycles. The van der Waals surface area contributed by atoms with E-state index in [9.17, 15) is 4.79 Å². The molecule has 0 aromatic carbocycles. The van der Waals surface area contributed by atoms with Crippen LogP contribution in [0.2, 0.25) is 0 Å². The summed E-state index contributed by atoms with van der Waals surface area (Å²) < 4.78 is 10.9. The van der Waals surface area contributed by atoms with Crippen LogP contribution in [0.5, 0.6) is 0 Å². The van der Waals surface area contributed by atoms with E-state index in [1.54, 1.807) is 6.08 Å². The van der Waals surface area contributed by atoms with Gasteiger partial charge in [0.05, 0.1) is 4.88 Å². The lowest BCUT2D eigenvalue weighted by Crippen LogP contribution is -2.03. The van der Waals surface area contributed by atoms with Crippen molar-refractivity contribution < 1.29 is 13.9 Å². The van der Waals surface area contributed by atoms with Crippen LogP contribution in [-0.4, -0.2) is 11.9 Å². The lowest BCUT2D eigenvalue weighted by atomic mass is 10.3. The van der Waals surface area contributed by atoms with E-state index in [-0.39, 0.29) is 5.70 Å². The Bertz CT molecular complexity index is 754. The predicted octanol–water partition coefficient (Wildman–Crippen LogP) is 3.81. The monoisotopic (exact) mass is 299 g/mol. The Kier molecular flexibility index (Phi) is 2.82. The smallest absolute Gasteiger partial charge is 0.363 e. The summed E-state index contributed by atoms with van der Waals surface area (Å²) in [6.45, 7) is 2.21. The van der Waals surface area contributed by atoms with Crippen LogP contribution in [0.4, 0.5) is 0 Å². The first kappa shape index (κ1) is 12.6. The maximum Gasteiger partial charge on any atom is 0.363 e. The third kappa shape index (κ3) is 2.34. The summed E-state index contributed by atoms with van der Waals surface area (Å²) in [6, 6.07) is 7.62. The van der Waals surface area contributed by atoms with Gasteiger partial charge in [-0.2, -0.15) is 0 Å². The zero-order valence-corrected chi connectivity index (χ0v) is 12.2. The number of aliphatic imine (C=N–C) groups is 1. The highest BCUT2D eigenvalue weighted by molar-refractivity contribution is 7.12. The Balaban J connectivity index is 1.60. The number of cyclic esters (lactones) is 1. The molecule has 4 nitrogen and oxygen atoms in total. The number of furan rings is 1. The number of rotatable bonds is 3. The Hall–Kier alpha value is -2.14. The minimum Gasteiger partial charge on any atom is -0.461 e. The molecule has 5 heteroatoms. The molecule has 106 valence electrons. The first-order valence-corrected chi connectivity index (χ1v) is 7.75. The van der Waals surface area contributed by atoms with Crippen LogP contribution in [0.25, 0.3) is 6.08 Å². The molecule has 2 aromatic heterocycles. The molecule has 1 fully saturated rings. The van der Waals surface area contributed by atoms with Crippen molar-refractivity contribution in [3.05, 3.63) is 51.7 Å².